The Morgan fingerprint density at radius 2 is 1.78 bits per heavy atom. The van der Waals surface area contributed by atoms with Crippen molar-refractivity contribution in [3.63, 3.8) is 0 Å². The number of nitro benzene ring substituents is 1. The summed E-state index contributed by atoms with van der Waals surface area (Å²) in [7, 11) is -4.11. The van der Waals surface area contributed by atoms with E-state index in [1.165, 1.54) is 6.08 Å². The lowest BCUT2D eigenvalue weighted by Gasteiger charge is -2.05. The molecule has 0 atom stereocenters. The van der Waals surface area contributed by atoms with Gasteiger partial charge in [0.25, 0.3) is 5.69 Å². The third-order valence-corrected chi connectivity index (χ3v) is 3.65. The molecule has 0 N–H and O–H groups in total. The van der Waals surface area contributed by atoms with Crippen molar-refractivity contribution in [2.24, 2.45) is 0 Å². The van der Waals surface area contributed by atoms with Crippen molar-refractivity contribution in [3.05, 3.63) is 75.2 Å². The summed E-state index contributed by atoms with van der Waals surface area (Å²) >= 11 is 0. The first kappa shape index (κ1) is 16.4. The second kappa shape index (κ2) is 6.84. The summed E-state index contributed by atoms with van der Waals surface area (Å²) < 4.78 is 28.6. The van der Waals surface area contributed by atoms with Crippen LogP contribution in [0.5, 0.6) is 5.75 Å². The number of aldehydes is 1. The molecule has 7 nitrogen and oxygen atoms in total. The Morgan fingerprint density at radius 3 is 2.39 bits per heavy atom. The van der Waals surface area contributed by atoms with Gasteiger partial charge in [-0.1, -0.05) is 30.3 Å². The molecule has 0 heterocycles. The van der Waals surface area contributed by atoms with Crippen LogP contribution in [0.4, 0.5) is 5.69 Å². The highest BCUT2D eigenvalue weighted by Crippen LogP contribution is 2.24. The Hall–Kier alpha value is -3.00. The van der Waals surface area contributed by atoms with Crippen LogP contribution in [-0.2, 0) is 10.1 Å². The van der Waals surface area contributed by atoms with Crippen molar-refractivity contribution >= 4 is 28.2 Å². The standard InChI is InChI=1S/C15H11NO6S/c17-11-13-10-14(16(18)19)6-7-15(13)22-23(20,21)9-8-12-4-2-1-3-5-12/h1-11H/b9-8+. The molecule has 0 aromatic heterocycles. The summed E-state index contributed by atoms with van der Waals surface area (Å²) in [5, 5.41) is 11.5. The van der Waals surface area contributed by atoms with E-state index >= 15 is 0 Å². The molecule has 0 spiro atoms. The van der Waals surface area contributed by atoms with E-state index in [1.54, 1.807) is 30.3 Å². The van der Waals surface area contributed by atoms with Crippen LogP contribution in [0, 0.1) is 10.1 Å². The fourth-order valence-corrected chi connectivity index (χ4v) is 2.48. The van der Waals surface area contributed by atoms with Gasteiger partial charge in [0.1, 0.15) is 0 Å². The summed E-state index contributed by atoms with van der Waals surface area (Å²) in [6.07, 6.45) is 1.63. The maximum Gasteiger partial charge on any atom is 0.332 e. The van der Waals surface area contributed by atoms with Gasteiger partial charge in [-0.05, 0) is 17.7 Å². The Balaban J connectivity index is 2.25. The lowest BCUT2D eigenvalue weighted by atomic mass is 10.2. The molecule has 0 aliphatic heterocycles. The second-order valence-corrected chi connectivity index (χ2v) is 5.81. The molecule has 0 aliphatic rings. The highest BCUT2D eigenvalue weighted by atomic mass is 32.2. The van der Waals surface area contributed by atoms with Crippen LogP contribution >= 0.6 is 0 Å². The number of benzene rings is 2. The van der Waals surface area contributed by atoms with Crippen molar-refractivity contribution < 1.29 is 22.3 Å². The average molecular weight is 333 g/mol. The molecular formula is C15H11NO6S. The zero-order valence-electron chi connectivity index (χ0n) is 11.7. The first-order valence-corrected chi connectivity index (χ1v) is 7.80. The zero-order chi connectivity index (χ0) is 16.9. The summed E-state index contributed by atoms with van der Waals surface area (Å²) in [4.78, 5) is 20.9. The fraction of sp³-hybridized carbons (Fsp3) is 0. The van der Waals surface area contributed by atoms with E-state index in [2.05, 4.69) is 0 Å². The van der Waals surface area contributed by atoms with E-state index in [0.717, 1.165) is 23.6 Å². The topological polar surface area (TPSA) is 104 Å². The van der Waals surface area contributed by atoms with Crippen LogP contribution in [0.15, 0.2) is 53.9 Å². The highest BCUT2D eigenvalue weighted by Gasteiger charge is 2.16. The number of nitro groups is 1. The Labute approximate surface area is 132 Å². The molecule has 0 saturated heterocycles. The van der Waals surface area contributed by atoms with Crippen molar-refractivity contribution in [2.75, 3.05) is 0 Å². The van der Waals surface area contributed by atoms with Gasteiger partial charge in [0.2, 0.25) is 0 Å². The number of rotatable bonds is 6. The molecule has 118 valence electrons. The molecule has 0 radical (unpaired) electrons. The minimum atomic E-state index is -4.11. The second-order valence-electron chi connectivity index (χ2n) is 4.39. The maximum atomic E-state index is 11.9. The van der Waals surface area contributed by atoms with Gasteiger partial charge in [0.15, 0.2) is 12.0 Å². The van der Waals surface area contributed by atoms with Crippen molar-refractivity contribution in [1.82, 2.24) is 0 Å². The van der Waals surface area contributed by atoms with Gasteiger partial charge < -0.3 is 4.18 Å². The van der Waals surface area contributed by atoms with E-state index in [1.807, 2.05) is 0 Å². The van der Waals surface area contributed by atoms with E-state index in [0.29, 0.717) is 11.8 Å². The van der Waals surface area contributed by atoms with Crippen LogP contribution in [0.25, 0.3) is 6.08 Å². The summed E-state index contributed by atoms with van der Waals surface area (Å²) in [5.41, 5.74) is 0.0894. The summed E-state index contributed by atoms with van der Waals surface area (Å²) in [5.74, 6) is -0.275. The Kier molecular flexibility index (Phi) is 4.87. The molecule has 2 aromatic carbocycles. The van der Waals surface area contributed by atoms with Gasteiger partial charge in [0, 0.05) is 12.1 Å². The summed E-state index contributed by atoms with van der Waals surface area (Å²) in [6.45, 7) is 0. The maximum absolute atomic E-state index is 11.9. The normalized spacial score (nSPS) is 11.3. The third kappa shape index (κ3) is 4.48. The number of carbonyl (C=O) groups is 1. The molecule has 0 unspecified atom stereocenters. The van der Waals surface area contributed by atoms with Gasteiger partial charge in [-0.2, -0.15) is 8.42 Å². The minimum Gasteiger partial charge on any atom is -0.379 e. The van der Waals surface area contributed by atoms with E-state index < -0.39 is 15.0 Å². The van der Waals surface area contributed by atoms with E-state index in [-0.39, 0.29) is 17.0 Å². The van der Waals surface area contributed by atoms with Gasteiger partial charge >= 0.3 is 10.1 Å². The molecule has 0 bridgehead atoms. The molecule has 0 saturated carbocycles. The van der Waals surface area contributed by atoms with E-state index in [9.17, 15) is 23.3 Å². The molecule has 2 rings (SSSR count). The molecule has 0 amide bonds. The number of nitrogens with zero attached hydrogens (tertiary/aromatic N) is 1. The Morgan fingerprint density at radius 1 is 1.09 bits per heavy atom. The highest BCUT2D eigenvalue weighted by molar-refractivity contribution is 7.90. The number of hydrogen-bond donors (Lipinski definition) is 0. The predicted molar refractivity (Wildman–Crippen MR) is 83.5 cm³/mol. The number of carbonyl (C=O) groups excluding carboxylic acids is 1. The van der Waals surface area contributed by atoms with Crippen molar-refractivity contribution in [3.8, 4) is 5.75 Å². The van der Waals surface area contributed by atoms with Gasteiger partial charge in [-0.3, -0.25) is 14.9 Å². The van der Waals surface area contributed by atoms with Crippen LogP contribution in [0.1, 0.15) is 15.9 Å². The lowest BCUT2D eigenvalue weighted by molar-refractivity contribution is -0.384. The van der Waals surface area contributed by atoms with Crippen LogP contribution in [0.2, 0.25) is 0 Å². The fourth-order valence-electron chi connectivity index (χ4n) is 1.70. The lowest BCUT2D eigenvalue weighted by Crippen LogP contribution is -2.07. The van der Waals surface area contributed by atoms with Crippen molar-refractivity contribution in [1.29, 1.82) is 0 Å². The predicted octanol–water partition coefficient (Wildman–Crippen LogP) is 2.79. The monoisotopic (exact) mass is 333 g/mol. The molecular weight excluding hydrogens is 322 g/mol. The largest absolute Gasteiger partial charge is 0.379 e. The molecule has 2 aromatic rings. The van der Waals surface area contributed by atoms with Gasteiger partial charge in [0.05, 0.1) is 15.9 Å². The van der Waals surface area contributed by atoms with Gasteiger partial charge in [-0.25, -0.2) is 0 Å². The first-order valence-electron chi connectivity index (χ1n) is 6.32. The molecule has 0 aliphatic carbocycles. The SMILES string of the molecule is O=Cc1cc([N+](=O)[O-])ccc1OS(=O)(=O)/C=C/c1ccccc1. The quantitative estimate of drug-likeness (QED) is 0.348. The summed E-state index contributed by atoms with van der Waals surface area (Å²) in [6, 6.07) is 11.7. The molecule has 8 heteroatoms. The van der Waals surface area contributed by atoms with Crippen LogP contribution in [0.3, 0.4) is 0 Å². The van der Waals surface area contributed by atoms with Crippen LogP contribution < -0.4 is 4.18 Å². The first-order chi connectivity index (χ1) is 10.9. The molecule has 0 fully saturated rings. The number of hydrogen-bond acceptors (Lipinski definition) is 6. The zero-order valence-corrected chi connectivity index (χ0v) is 12.5. The van der Waals surface area contributed by atoms with Crippen molar-refractivity contribution in [2.45, 2.75) is 0 Å². The smallest absolute Gasteiger partial charge is 0.332 e. The molecule has 23 heavy (non-hydrogen) atoms. The Bertz CT molecular complexity index is 859. The minimum absolute atomic E-state index is 0.226. The number of non-ortho nitro benzene ring substituents is 1. The van der Waals surface area contributed by atoms with Gasteiger partial charge in [-0.15, -0.1) is 0 Å². The average Bonchev–Trinajstić information content (AvgIpc) is 2.54. The van der Waals surface area contributed by atoms with Crippen LogP contribution in [-0.4, -0.2) is 19.6 Å². The third-order valence-electron chi connectivity index (χ3n) is 2.76. The van der Waals surface area contributed by atoms with E-state index in [4.69, 9.17) is 4.18 Å².